The molecule has 1 aromatic rings. The predicted octanol–water partition coefficient (Wildman–Crippen LogP) is 1.83. The third-order valence-electron chi connectivity index (χ3n) is 2.77. The zero-order valence-corrected chi connectivity index (χ0v) is 13.2. The van der Waals surface area contributed by atoms with Crippen LogP contribution >= 0.6 is 11.6 Å². The van der Waals surface area contributed by atoms with Gasteiger partial charge in [0.15, 0.2) is 0 Å². The molecule has 0 fully saturated rings. The number of carbonyl (C=O) groups excluding carboxylic acids is 1. The summed E-state index contributed by atoms with van der Waals surface area (Å²) in [7, 11) is 0. The third-order valence-corrected chi connectivity index (χ3v) is 3.06. The largest absolute Gasteiger partial charge is 0.489 e. The summed E-state index contributed by atoms with van der Waals surface area (Å²) >= 11 is 6.08. The van der Waals surface area contributed by atoms with Crippen LogP contribution in [0.25, 0.3) is 0 Å². The molecule has 6 heteroatoms. The smallest absolute Gasteiger partial charge is 0.251 e. The second-order valence-electron chi connectivity index (χ2n) is 4.67. The quantitative estimate of drug-likeness (QED) is 0.608. The third kappa shape index (κ3) is 6.33. The number of aliphatic hydroxyl groups is 1. The van der Waals surface area contributed by atoms with Gasteiger partial charge in [-0.1, -0.05) is 18.5 Å². The first kappa shape index (κ1) is 17.8. The predicted molar refractivity (Wildman–Crippen MR) is 84.1 cm³/mol. The maximum absolute atomic E-state index is 11.7. The Balaban J connectivity index is 2.51. The van der Waals surface area contributed by atoms with Crippen LogP contribution in [-0.2, 0) is 0 Å². The van der Waals surface area contributed by atoms with E-state index in [4.69, 9.17) is 16.3 Å². The molecule has 0 aliphatic carbocycles. The topological polar surface area (TPSA) is 70.6 Å². The fourth-order valence-electron chi connectivity index (χ4n) is 1.71. The van der Waals surface area contributed by atoms with E-state index in [0.717, 1.165) is 13.0 Å². The molecule has 1 atom stereocenters. The summed E-state index contributed by atoms with van der Waals surface area (Å²) in [5.41, 5.74) is 0.486. The molecule has 5 nitrogen and oxygen atoms in total. The van der Waals surface area contributed by atoms with Gasteiger partial charge in [-0.15, -0.1) is 0 Å². The SMILES string of the molecule is CCCNC[C@@H](O)COc1ccc(C(=O)NCC)cc1Cl. The van der Waals surface area contributed by atoms with Crippen molar-refractivity contribution in [3.63, 3.8) is 0 Å². The second kappa shape index (κ2) is 9.60. The number of halogens is 1. The molecule has 3 N–H and O–H groups in total. The summed E-state index contributed by atoms with van der Waals surface area (Å²) in [5.74, 6) is 0.286. The van der Waals surface area contributed by atoms with E-state index < -0.39 is 6.10 Å². The Morgan fingerprint density at radius 2 is 2.19 bits per heavy atom. The molecule has 0 heterocycles. The fourth-order valence-corrected chi connectivity index (χ4v) is 1.95. The van der Waals surface area contributed by atoms with E-state index >= 15 is 0 Å². The average molecular weight is 315 g/mol. The number of carbonyl (C=O) groups is 1. The van der Waals surface area contributed by atoms with Crippen molar-refractivity contribution in [3.8, 4) is 5.75 Å². The fraction of sp³-hybridized carbons (Fsp3) is 0.533. The van der Waals surface area contributed by atoms with Crippen molar-refractivity contribution in [2.45, 2.75) is 26.4 Å². The molecule has 0 aromatic heterocycles. The number of rotatable bonds is 9. The Bertz CT molecular complexity index is 455. The molecular weight excluding hydrogens is 292 g/mol. The Morgan fingerprint density at radius 3 is 2.81 bits per heavy atom. The Labute approximate surface area is 130 Å². The van der Waals surface area contributed by atoms with Gasteiger partial charge in [0.05, 0.1) is 5.02 Å². The van der Waals surface area contributed by atoms with Gasteiger partial charge in [0.1, 0.15) is 18.5 Å². The van der Waals surface area contributed by atoms with Crippen molar-refractivity contribution in [1.82, 2.24) is 10.6 Å². The lowest BCUT2D eigenvalue weighted by molar-refractivity contribution is 0.0955. The van der Waals surface area contributed by atoms with Gasteiger partial charge in [0, 0.05) is 18.7 Å². The van der Waals surface area contributed by atoms with Crippen LogP contribution in [0.15, 0.2) is 18.2 Å². The van der Waals surface area contributed by atoms with Gasteiger partial charge in [-0.3, -0.25) is 4.79 Å². The van der Waals surface area contributed by atoms with E-state index in [9.17, 15) is 9.90 Å². The monoisotopic (exact) mass is 314 g/mol. The molecule has 118 valence electrons. The molecule has 0 saturated carbocycles. The summed E-state index contributed by atoms with van der Waals surface area (Å²) in [6, 6.07) is 4.84. The lowest BCUT2D eigenvalue weighted by atomic mass is 10.2. The zero-order valence-electron chi connectivity index (χ0n) is 12.5. The average Bonchev–Trinajstić information content (AvgIpc) is 2.46. The van der Waals surface area contributed by atoms with E-state index in [-0.39, 0.29) is 12.5 Å². The van der Waals surface area contributed by atoms with Gasteiger partial charge in [0.2, 0.25) is 0 Å². The summed E-state index contributed by atoms with van der Waals surface area (Å²) in [4.78, 5) is 11.7. The zero-order chi connectivity index (χ0) is 15.7. The minimum absolute atomic E-state index is 0.150. The number of hydrogen-bond donors (Lipinski definition) is 3. The molecule has 0 spiro atoms. The van der Waals surface area contributed by atoms with Crippen LogP contribution in [0.3, 0.4) is 0 Å². The number of amides is 1. The van der Waals surface area contributed by atoms with Gasteiger partial charge in [-0.2, -0.15) is 0 Å². The molecule has 0 radical (unpaired) electrons. The van der Waals surface area contributed by atoms with E-state index in [0.29, 0.717) is 29.4 Å². The number of ether oxygens (including phenoxy) is 1. The molecule has 1 aromatic carbocycles. The van der Waals surface area contributed by atoms with Crippen LogP contribution in [0.2, 0.25) is 5.02 Å². The van der Waals surface area contributed by atoms with Gasteiger partial charge >= 0.3 is 0 Å². The summed E-state index contributed by atoms with van der Waals surface area (Å²) < 4.78 is 5.47. The van der Waals surface area contributed by atoms with E-state index in [1.807, 2.05) is 6.92 Å². The second-order valence-corrected chi connectivity index (χ2v) is 5.08. The number of aliphatic hydroxyl groups excluding tert-OH is 1. The van der Waals surface area contributed by atoms with Crippen molar-refractivity contribution in [2.75, 3.05) is 26.2 Å². The normalized spacial score (nSPS) is 12.0. The number of hydrogen-bond acceptors (Lipinski definition) is 4. The highest BCUT2D eigenvalue weighted by Gasteiger charge is 2.10. The first-order valence-electron chi connectivity index (χ1n) is 7.17. The molecule has 1 rings (SSSR count). The Morgan fingerprint density at radius 1 is 1.43 bits per heavy atom. The van der Waals surface area contributed by atoms with Crippen molar-refractivity contribution < 1.29 is 14.6 Å². The van der Waals surface area contributed by atoms with Crippen LogP contribution < -0.4 is 15.4 Å². The molecule has 0 aliphatic rings. The van der Waals surface area contributed by atoms with Gasteiger partial charge in [-0.05, 0) is 38.1 Å². The Kier molecular flexibility index (Phi) is 8.12. The number of nitrogens with one attached hydrogen (secondary N) is 2. The maximum atomic E-state index is 11.7. The van der Waals surface area contributed by atoms with E-state index in [1.165, 1.54) is 0 Å². The first-order chi connectivity index (χ1) is 10.1. The molecule has 21 heavy (non-hydrogen) atoms. The molecule has 0 bridgehead atoms. The molecular formula is C15H23ClN2O3. The summed E-state index contributed by atoms with van der Waals surface area (Å²) in [6.45, 7) is 5.96. The highest BCUT2D eigenvalue weighted by molar-refractivity contribution is 6.32. The highest BCUT2D eigenvalue weighted by Crippen LogP contribution is 2.25. The van der Waals surface area contributed by atoms with Crippen LogP contribution in [0.5, 0.6) is 5.75 Å². The summed E-state index contributed by atoms with van der Waals surface area (Å²) in [5, 5.41) is 15.9. The van der Waals surface area contributed by atoms with Crippen molar-refractivity contribution in [1.29, 1.82) is 0 Å². The van der Waals surface area contributed by atoms with Crippen LogP contribution in [0, 0.1) is 0 Å². The van der Waals surface area contributed by atoms with Gasteiger partial charge in [0.25, 0.3) is 5.91 Å². The minimum Gasteiger partial charge on any atom is -0.489 e. The van der Waals surface area contributed by atoms with Crippen molar-refractivity contribution in [3.05, 3.63) is 28.8 Å². The standard InChI is InChI=1S/C15H23ClN2O3/c1-3-7-17-9-12(19)10-21-14-6-5-11(8-13(14)16)15(20)18-4-2/h5-6,8,12,17,19H,3-4,7,9-10H2,1-2H3,(H,18,20)/t12-/m1/s1. The summed E-state index contributed by atoms with van der Waals surface area (Å²) in [6.07, 6.45) is 0.413. The lowest BCUT2D eigenvalue weighted by Gasteiger charge is -2.14. The van der Waals surface area contributed by atoms with Crippen molar-refractivity contribution in [2.24, 2.45) is 0 Å². The van der Waals surface area contributed by atoms with Gasteiger partial charge < -0.3 is 20.5 Å². The highest BCUT2D eigenvalue weighted by atomic mass is 35.5. The maximum Gasteiger partial charge on any atom is 0.251 e. The number of benzene rings is 1. The molecule has 0 unspecified atom stereocenters. The lowest BCUT2D eigenvalue weighted by Crippen LogP contribution is -2.31. The minimum atomic E-state index is -0.601. The Hall–Kier alpha value is -1.30. The van der Waals surface area contributed by atoms with E-state index in [2.05, 4.69) is 17.6 Å². The first-order valence-corrected chi connectivity index (χ1v) is 7.55. The van der Waals surface area contributed by atoms with Gasteiger partial charge in [-0.25, -0.2) is 0 Å². The van der Waals surface area contributed by atoms with Crippen LogP contribution in [0.1, 0.15) is 30.6 Å². The van der Waals surface area contributed by atoms with Crippen LogP contribution in [0.4, 0.5) is 0 Å². The molecule has 0 aliphatic heterocycles. The molecule has 0 saturated heterocycles. The van der Waals surface area contributed by atoms with Crippen molar-refractivity contribution >= 4 is 17.5 Å². The van der Waals surface area contributed by atoms with Crippen LogP contribution in [-0.4, -0.2) is 43.4 Å². The molecule has 1 amide bonds. The van der Waals surface area contributed by atoms with E-state index in [1.54, 1.807) is 18.2 Å².